The zero-order valence-electron chi connectivity index (χ0n) is 9.13. The summed E-state index contributed by atoms with van der Waals surface area (Å²) in [5.74, 6) is 0. The summed E-state index contributed by atoms with van der Waals surface area (Å²) in [5, 5.41) is 20.2. The van der Waals surface area contributed by atoms with Crippen molar-refractivity contribution in [2.75, 3.05) is 14.2 Å². The molecular formula is C11H15ClO4. The van der Waals surface area contributed by atoms with Crippen molar-refractivity contribution < 1.29 is 19.7 Å². The molecule has 2 N–H and O–H groups in total. The summed E-state index contributed by atoms with van der Waals surface area (Å²) in [6.45, 7) is 0. The van der Waals surface area contributed by atoms with Crippen LogP contribution in [0.4, 0.5) is 0 Å². The smallest absolute Gasteiger partial charge is 0.185 e. The molecule has 0 aromatic heterocycles. The van der Waals surface area contributed by atoms with Crippen molar-refractivity contribution in [2.24, 2.45) is 0 Å². The number of methoxy groups -OCH3 is 2. The first-order chi connectivity index (χ1) is 7.60. The molecule has 0 saturated heterocycles. The Kier molecular flexibility index (Phi) is 5.18. The minimum Gasteiger partial charge on any atom is -0.385 e. The highest BCUT2D eigenvalue weighted by atomic mass is 35.5. The maximum atomic E-state index is 9.86. The Morgan fingerprint density at radius 3 is 2.00 bits per heavy atom. The third kappa shape index (κ3) is 3.17. The van der Waals surface area contributed by atoms with Crippen molar-refractivity contribution in [2.45, 2.75) is 18.5 Å². The lowest BCUT2D eigenvalue weighted by molar-refractivity contribution is -0.191. The molecule has 0 bridgehead atoms. The van der Waals surface area contributed by atoms with Gasteiger partial charge in [0.15, 0.2) is 6.29 Å². The van der Waals surface area contributed by atoms with Crippen molar-refractivity contribution >= 4 is 11.6 Å². The average Bonchev–Trinajstić information content (AvgIpc) is 2.30. The molecule has 0 unspecified atom stereocenters. The molecule has 0 radical (unpaired) electrons. The van der Waals surface area contributed by atoms with Gasteiger partial charge in [-0.25, -0.2) is 0 Å². The van der Waals surface area contributed by atoms with E-state index in [1.54, 1.807) is 24.3 Å². The molecule has 5 heteroatoms. The second kappa shape index (κ2) is 6.18. The van der Waals surface area contributed by atoms with E-state index in [0.717, 1.165) is 0 Å². The number of aliphatic hydroxyl groups excluding tert-OH is 2. The number of aliphatic hydroxyl groups is 2. The summed E-state index contributed by atoms with van der Waals surface area (Å²) in [6, 6.07) is 6.56. The SMILES string of the molecule is COC(OC)[C@H](O)[C@H](O)c1ccc(Cl)cc1. The molecule has 0 aliphatic rings. The predicted octanol–water partition coefficient (Wildman–Crippen LogP) is 1.35. The number of hydrogen-bond donors (Lipinski definition) is 2. The molecule has 0 fully saturated rings. The molecule has 16 heavy (non-hydrogen) atoms. The van der Waals surface area contributed by atoms with Crippen molar-refractivity contribution in [3.8, 4) is 0 Å². The van der Waals surface area contributed by atoms with Crippen molar-refractivity contribution in [3.63, 3.8) is 0 Å². The Hall–Kier alpha value is -0.650. The molecule has 0 spiro atoms. The average molecular weight is 247 g/mol. The van der Waals surface area contributed by atoms with Gasteiger partial charge in [0, 0.05) is 19.2 Å². The van der Waals surface area contributed by atoms with Gasteiger partial charge >= 0.3 is 0 Å². The van der Waals surface area contributed by atoms with Gasteiger partial charge in [-0.2, -0.15) is 0 Å². The van der Waals surface area contributed by atoms with Crippen LogP contribution in [-0.2, 0) is 9.47 Å². The molecule has 1 aromatic carbocycles. The zero-order valence-corrected chi connectivity index (χ0v) is 9.89. The quantitative estimate of drug-likeness (QED) is 0.770. The highest BCUT2D eigenvalue weighted by Crippen LogP contribution is 2.22. The fourth-order valence-electron chi connectivity index (χ4n) is 1.38. The number of halogens is 1. The molecule has 0 amide bonds. The lowest BCUT2D eigenvalue weighted by Crippen LogP contribution is -2.35. The number of benzene rings is 1. The molecule has 0 saturated carbocycles. The Bertz CT molecular complexity index is 310. The minimum atomic E-state index is -1.16. The van der Waals surface area contributed by atoms with E-state index in [0.29, 0.717) is 10.6 Å². The van der Waals surface area contributed by atoms with E-state index < -0.39 is 18.5 Å². The highest BCUT2D eigenvalue weighted by Gasteiger charge is 2.27. The van der Waals surface area contributed by atoms with Crippen molar-refractivity contribution in [1.29, 1.82) is 0 Å². The zero-order chi connectivity index (χ0) is 12.1. The molecule has 0 aliphatic heterocycles. The first kappa shape index (κ1) is 13.4. The summed E-state index contributed by atoms with van der Waals surface area (Å²) in [4.78, 5) is 0. The summed E-state index contributed by atoms with van der Waals surface area (Å²) in [5.41, 5.74) is 0.552. The fraction of sp³-hybridized carbons (Fsp3) is 0.455. The first-order valence-electron chi connectivity index (χ1n) is 4.77. The van der Waals surface area contributed by atoms with E-state index in [9.17, 15) is 10.2 Å². The van der Waals surface area contributed by atoms with Gasteiger partial charge in [0.05, 0.1) is 0 Å². The van der Waals surface area contributed by atoms with Crippen LogP contribution in [0.2, 0.25) is 5.02 Å². The number of hydrogen-bond acceptors (Lipinski definition) is 4. The van der Waals surface area contributed by atoms with Crippen molar-refractivity contribution in [3.05, 3.63) is 34.9 Å². The molecule has 1 aromatic rings. The van der Waals surface area contributed by atoms with Crippen LogP contribution in [0.15, 0.2) is 24.3 Å². The molecule has 0 aliphatic carbocycles. The Balaban J connectivity index is 2.76. The second-order valence-electron chi connectivity index (χ2n) is 3.33. The summed E-state index contributed by atoms with van der Waals surface area (Å²) in [6.07, 6.45) is -3.11. The molecule has 4 nitrogen and oxygen atoms in total. The summed E-state index contributed by atoms with van der Waals surface area (Å²) in [7, 11) is 2.79. The maximum absolute atomic E-state index is 9.86. The van der Waals surface area contributed by atoms with Crippen LogP contribution >= 0.6 is 11.6 Å². The van der Waals surface area contributed by atoms with Gasteiger partial charge in [0.2, 0.25) is 0 Å². The van der Waals surface area contributed by atoms with Gasteiger partial charge in [-0.15, -0.1) is 0 Å². The van der Waals surface area contributed by atoms with Crippen LogP contribution < -0.4 is 0 Å². The molecular weight excluding hydrogens is 232 g/mol. The third-order valence-corrected chi connectivity index (χ3v) is 2.53. The lowest BCUT2D eigenvalue weighted by Gasteiger charge is -2.24. The van der Waals surface area contributed by atoms with Crippen LogP contribution in [0, 0.1) is 0 Å². The van der Waals surface area contributed by atoms with Crippen LogP contribution in [0.25, 0.3) is 0 Å². The largest absolute Gasteiger partial charge is 0.385 e. The Morgan fingerprint density at radius 2 is 1.56 bits per heavy atom. The van der Waals surface area contributed by atoms with Gasteiger partial charge in [-0.1, -0.05) is 23.7 Å². The van der Waals surface area contributed by atoms with Gasteiger partial charge in [-0.05, 0) is 17.7 Å². The van der Waals surface area contributed by atoms with E-state index in [1.807, 2.05) is 0 Å². The van der Waals surface area contributed by atoms with Gasteiger partial charge in [-0.3, -0.25) is 0 Å². The van der Waals surface area contributed by atoms with E-state index in [-0.39, 0.29) is 0 Å². The van der Waals surface area contributed by atoms with Gasteiger partial charge in [0.25, 0.3) is 0 Å². The van der Waals surface area contributed by atoms with E-state index in [1.165, 1.54) is 14.2 Å². The van der Waals surface area contributed by atoms with Crippen LogP contribution in [0.5, 0.6) is 0 Å². The molecule has 2 atom stereocenters. The summed E-state index contributed by atoms with van der Waals surface area (Å²) < 4.78 is 9.74. The topological polar surface area (TPSA) is 58.9 Å². The van der Waals surface area contributed by atoms with Crippen LogP contribution in [-0.4, -0.2) is 36.8 Å². The number of ether oxygens (including phenoxy) is 2. The molecule has 0 heterocycles. The van der Waals surface area contributed by atoms with Gasteiger partial charge < -0.3 is 19.7 Å². The maximum Gasteiger partial charge on any atom is 0.185 e. The van der Waals surface area contributed by atoms with Crippen LogP contribution in [0.3, 0.4) is 0 Å². The third-order valence-electron chi connectivity index (χ3n) is 2.28. The summed E-state index contributed by atoms with van der Waals surface area (Å²) >= 11 is 5.72. The first-order valence-corrected chi connectivity index (χ1v) is 5.15. The lowest BCUT2D eigenvalue weighted by atomic mass is 10.0. The van der Waals surface area contributed by atoms with E-state index in [4.69, 9.17) is 21.1 Å². The Morgan fingerprint density at radius 1 is 1.06 bits per heavy atom. The predicted molar refractivity (Wildman–Crippen MR) is 60.2 cm³/mol. The van der Waals surface area contributed by atoms with Crippen molar-refractivity contribution in [1.82, 2.24) is 0 Å². The molecule has 1 rings (SSSR count). The Labute approximate surface area is 99.4 Å². The van der Waals surface area contributed by atoms with Crippen LogP contribution in [0.1, 0.15) is 11.7 Å². The normalized spacial score (nSPS) is 15.1. The van der Waals surface area contributed by atoms with Gasteiger partial charge in [0.1, 0.15) is 12.2 Å². The highest BCUT2D eigenvalue weighted by molar-refractivity contribution is 6.30. The minimum absolute atomic E-state index is 0.552. The second-order valence-corrected chi connectivity index (χ2v) is 3.76. The standard InChI is InChI=1S/C11H15ClO4/c1-15-11(16-2)10(14)9(13)7-3-5-8(12)6-4-7/h3-6,9-11,13-14H,1-2H3/t9-,10-/m1/s1. The number of rotatable bonds is 5. The van der Waals surface area contributed by atoms with E-state index >= 15 is 0 Å². The fourth-order valence-corrected chi connectivity index (χ4v) is 1.51. The molecule has 90 valence electrons. The monoisotopic (exact) mass is 246 g/mol. The van der Waals surface area contributed by atoms with E-state index in [2.05, 4.69) is 0 Å².